The van der Waals surface area contributed by atoms with Gasteiger partial charge >= 0.3 is 0 Å². The number of carbonyl (C=O) groups is 1. The highest BCUT2D eigenvalue weighted by Gasteiger charge is 2.26. The maximum atomic E-state index is 12.3. The molecule has 1 aromatic rings. The fourth-order valence-corrected chi connectivity index (χ4v) is 3.54. The van der Waals surface area contributed by atoms with Gasteiger partial charge in [0.05, 0.1) is 6.26 Å². The highest BCUT2D eigenvalue weighted by molar-refractivity contribution is 7.88. The normalized spacial score (nSPS) is 16.9. The van der Waals surface area contributed by atoms with Gasteiger partial charge in [0.2, 0.25) is 10.0 Å². The molecule has 1 fully saturated rings. The molecular formula is C17H26N2O4S. The lowest BCUT2D eigenvalue weighted by Gasteiger charge is -2.33. The monoisotopic (exact) mass is 354 g/mol. The number of amides is 1. The van der Waals surface area contributed by atoms with Crippen molar-refractivity contribution in [1.29, 1.82) is 0 Å². The summed E-state index contributed by atoms with van der Waals surface area (Å²) in [5, 5.41) is 0. The molecule has 0 atom stereocenters. The first-order valence-electron chi connectivity index (χ1n) is 8.04. The smallest absolute Gasteiger partial charge is 0.260 e. The molecule has 1 aromatic carbocycles. The van der Waals surface area contributed by atoms with Crippen molar-refractivity contribution in [3.05, 3.63) is 29.8 Å². The highest BCUT2D eigenvalue weighted by Crippen LogP contribution is 2.30. The molecule has 0 unspecified atom stereocenters. The Morgan fingerprint density at radius 2 is 1.71 bits per heavy atom. The number of para-hydroxylation sites is 1. The Kier molecular flexibility index (Phi) is 5.55. The number of ether oxygens (including phenoxy) is 1. The minimum absolute atomic E-state index is 0.0357. The summed E-state index contributed by atoms with van der Waals surface area (Å²) in [4.78, 5) is 14.0. The standard InChI is InChI=1S/C17H26N2O4S/c1-17(2,3)14-7-5-6-8-15(14)23-13-16(20)18-9-11-19(12-10-18)24(4,21)22/h5-8H,9-13H2,1-4H3. The Bertz CT molecular complexity index is 687. The van der Waals surface area contributed by atoms with Crippen molar-refractivity contribution < 1.29 is 17.9 Å². The molecule has 1 amide bonds. The van der Waals surface area contributed by atoms with E-state index in [0.29, 0.717) is 31.9 Å². The van der Waals surface area contributed by atoms with Crippen LogP contribution in [0.2, 0.25) is 0 Å². The number of sulfonamides is 1. The molecule has 24 heavy (non-hydrogen) atoms. The second kappa shape index (κ2) is 7.11. The van der Waals surface area contributed by atoms with Crippen molar-refractivity contribution in [3.63, 3.8) is 0 Å². The van der Waals surface area contributed by atoms with Gasteiger partial charge in [-0.3, -0.25) is 4.79 Å². The molecule has 0 saturated carbocycles. The molecule has 0 N–H and O–H groups in total. The van der Waals surface area contributed by atoms with Crippen LogP contribution < -0.4 is 4.74 Å². The molecule has 6 nitrogen and oxygen atoms in total. The topological polar surface area (TPSA) is 66.9 Å². The van der Waals surface area contributed by atoms with Crippen molar-refractivity contribution in [2.24, 2.45) is 0 Å². The van der Waals surface area contributed by atoms with Crippen LogP contribution in [0.15, 0.2) is 24.3 Å². The van der Waals surface area contributed by atoms with Crippen molar-refractivity contribution in [3.8, 4) is 5.75 Å². The van der Waals surface area contributed by atoms with Gasteiger partial charge in [-0.15, -0.1) is 0 Å². The van der Waals surface area contributed by atoms with Gasteiger partial charge in [-0.25, -0.2) is 8.42 Å². The quantitative estimate of drug-likeness (QED) is 0.821. The summed E-state index contributed by atoms with van der Waals surface area (Å²) in [7, 11) is -3.19. The van der Waals surface area contributed by atoms with Crippen LogP contribution in [-0.4, -0.2) is 62.6 Å². The molecule has 0 aromatic heterocycles. The number of hydrogen-bond acceptors (Lipinski definition) is 4. The molecule has 134 valence electrons. The summed E-state index contributed by atoms with van der Waals surface area (Å²) in [5.41, 5.74) is 0.987. The number of piperazine rings is 1. The summed E-state index contributed by atoms with van der Waals surface area (Å²) in [6.45, 7) is 7.73. The van der Waals surface area contributed by atoms with Crippen molar-refractivity contribution in [2.75, 3.05) is 39.0 Å². The Hall–Kier alpha value is -1.60. The average Bonchev–Trinajstić information content (AvgIpc) is 2.51. The van der Waals surface area contributed by atoms with Crippen LogP contribution in [0.1, 0.15) is 26.3 Å². The van der Waals surface area contributed by atoms with Crippen LogP contribution in [0, 0.1) is 0 Å². The van der Waals surface area contributed by atoms with E-state index in [-0.39, 0.29) is 17.9 Å². The van der Waals surface area contributed by atoms with Crippen LogP contribution >= 0.6 is 0 Å². The first-order chi connectivity index (χ1) is 11.1. The van der Waals surface area contributed by atoms with Gasteiger partial charge in [0, 0.05) is 26.2 Å². The van der Waals surface area contributed by atoms with Crippen molar-refractivity contribution in [1.82, 2.24) is 9.21 Å². The third-order valence-electron chi connectivity index (χ3n) is 4.11. The summed E-state index contributed by atoms with van der Waals surface area (Å²) in [6, 6.07) is 7.72. The molecule has 0 spiro atoms. The minimum atomic E-state index is -3.19. The Morgan fingerprint density at radius 3 is 2.25 bits per heavy atom. The van der Waals surface area contributed by atoms with E-state index in [2.05, 4.69) is 20.8 Å². The van der Waals surface area contributed by atoms with E-state index in [9.17, 15) is 13.2 Å². The number of carbonyl (C=O) groups excluding carboxylic acids is 1. The number of benzene rings is 1. The molecule has 1 saturated heterocycles. The first-order valence-corrected chi connectivity index (χ1v) is 9.89. The molecule has 2 rings (SSSR count). The third kappa shape index (κ3) is 4.70. The zero-order valence-corrected chi connectivity index (χ0v) is 15.6. The summed E-state index contributed by atoms with van der Waals surface area (Å²) in [6.07, 6.45) is 1.19. The van der Waals surface area contributed by atoms with Gasteiger partial charge in [-0.1, -0.05) is 39.0 Å². The predicted molar refractivity (Wildman–Crippen MR) is 93.6 cm³/mol. The fourth-order valence-electron chi connectivity index (χ4n) is 2.71. The first kappa shape index (κ1) is 18.7. The van der Waals surface area contributed by atoms with Crippen LogP contribution in [0.3, 0.4) is 0 Å². The van der Waals surface area contributed by atoms with Gasteiger partial charge in [0.15, 0.2) is 6.61 Å². The van der Waals surface area contributed by atoms with E-state index < -0.39 is 10.0 Å². The maximum absolute atomic E-state index is 12.3. The van der Waals surface area contributed by atoms with Gasteiger partial charge in [-0.05, 0) is 17.0 Å². The van der Waals surface area contributed by atoms with Gasteiger partial charge in [0.1, 0.15) is 5.75 Å². The number of nitrogens with zero attached hydrogens (tertiary/aromatic N) is 2. The third-order valence-corrected chi connectivity index (χ3v) is 5.41. The van der Waals surface area contributed by atoms with E-state index in [0.717, 1.165) is 5.56 Å². The average molecular weight is 354 g/mol. The second-order valence-electron chi connectivity index (χ2n) is 7.08. The van der Waals surface area contributed by atoms with Crippen LogP contribution in [0.4, 0.5) is 0 Å². The van der Waals surface area contributed by atoms with Gasteiger partial charge in [0.25, 0.3) is 5.91 Å². The minimum Gasteiger partial charge on any atom is -0.483 e. The van der Waals surface area contributed by atoms with E-state index in [1.54, 1.807) is 4.90 Å². The molecule has 7 heteroatoms. The molecule has 1 heterocycles. The molecule has 0 radical (unpaired) electrons. The molecule has 1 aliphatic rings. The van der Waals surface area contributed by atoms with Gasteiger partial charge < -0.3 is 9.64 Å². The Labute approximate surface area is 144 Å². The maximum Gasteiger partial charge on any atom is 0.260 e. The molecule has 0 bridgehead atoms. The lowest BCUT2D eigenvalue weighted by atomic mass is 9.86. The van der Waals surface area contributed by atoms with Crippen LogP contribution in [0.25, 0.3) is 0 Å². The zero-order valence-electron chi connectivity index (χ0n) is 14.8. The lowest BCUT2D eigenvalue weighted by Crippen LogP contribution is -2.51. The fraction of sp³-hybridized carbons (Fsp3) is 0.588. The Balaban J connectivity index is 1.94. The summed E-state index contributed by atoms with van der Waals surface area (Å²) >= 11 is 0. The van der Waals surface area contributed by atoms with Crippen molar-refractivity contribution >= 4 is 15.9 Å². The van der Waals surface area contributed by atoms with E-state index in [1.807, 2.05) is 24.3 Å². The molecule has 1 aliphatic heterocycles. The highest BCUT2D eigenvalue weighted by atomic mass is 32.2. The number of rotatable bonds is 4. The largest absolute Gasteiger partial charge is 0.483 e. The summed E-state index contributed by atoms with van der Waals surface area (Å²) in [5.74, 6) is 0.597. The predicted octanol–water partition coefficient (Wildman–Crippen LogP) is 1.47. The van der Waals surface area contributed by atoms with E-state index in [1.165, 1.54) is 10.6 Å². The lowest BCUT2D eigenvalue weighted by molar-refractivity contribution is -0.134. The molecule has 0 aliphatic carbocycles. The Morgan fingerprint density at radius 1 is 1.12 bits per heavy atom. The molecular weight excluding hydrogens is 328 g/mol. The van der Waals surface area contributed by atoms with Crippen molar-refractivity contribution in [2.45, 2.75) is 26.2 Å². The second-order valence-corrected chi connectivity index (χ2v) is 9.06. The SMILES string of the molecule is CC(C)(C)c1ccccc1OCC(=O)N1CCN(S(C)(=O)=O)CC1. The summed E-state index contributed by atoms with van der Waals surface area (Å²) < 4.78 is 30.2. The van der Waals surface area contributed by atoms with Crippen LogP contribution in [0.5, 0.6) is 5.75 Å². The van der Waals surface area contributed by atoms with Gasteiger partial charge in [-0.2, -0.15) is 4.31 Å². The number of hydrogen-bond donors (Lipinski definition) is 0. The van der Waals surface area contributed by atoms with Crippen LogP contribution in [-0.2, 0) is 20.2 Å². The zero-order chi connectivity index (χ0) is 18.0. The van der Waals surface area contributed by atoms with E-state index >= 15 is 0 Å². The van der Waals surface area contributed by atoms with E-state index in [4.69, 9.17) is 4.74 Å².